The molecule has 2 aliphatic heterocycles. The normalized spacial score (nSPS) is 25.8. The number of benzene rings is 2. The number of anilines is 2. The van der Waals surface area contributed by atoms with Crippen LogP contribution in [0.1, 0.15) is 11.1 Å². The van der Waals surface area contributed by atoms with Gasteiger partial charge in [-0.2, -0.15) is 0 Å². The van der Waals surface area contributed by atoms with Crippen molar-refractivity contribution in [1.29, 1.82) is 0 Å². The van der Waals surface area contributed by atoms with Crippen LogP contribution in [0.5, 0.6) is 0 Å². The highest BCUT2D eigenvalue weighted by molar-refractivity contribution is 7.48. The van der Waals surface area contributed by atoms with Crippen molar-refractivity contribution >= 4 is 31.0 Å². The number of carbonyl (C=O) groups is 2. The number of hydrogen-bond acceptors (Lipinski definition) is 7. The Hall–Kier alpha value is -2.55. The molecular formula is C18H17N2O7P. The molecule has 0 unspecified atom stereocenters. The molecule has 0 aliphatic carbocycles. The Kier molecular flexibility index (Phi) is 4.18. The van der Waals surface area contributed by atoms with Gasteiger partial charge in [0.25, 0.3) is 11.8 Å². The highest BCUT2D eigenvalue weighted by Crippen LogP contribution is 2.62. The van der Waals surface area contributed by atoms with Crippen molar-refractivity contribution in [3.05, 3.63) is 59.7 Å². The second kappa shape index (κ2) is 6.23. The van der Waals surface area contributed by atoms with Gasteiger partial charge in [-0.25, -0.2) is 4.57 Å². The predicted molar refractivity (Wildman–Crippen MR) is 98.4 cm³/mol. The fourth-order valence-corrected chi connectivity index (χ4v) is 4.60. The molecule has 0 saturated heterocycles. The molecule has 2 amide bonds. The monoisotopic (exact) mass is 404 g/mol. The molecule has 146 valence electrons. The summed E-state index contributed by atoms with van der Waals surface area (Å²) in [6.45, 7) is 0. The van der Waals surface area contributed by atoms with E-state index in [0.29, 0.717) is 11.4 Å². The summed E-state index contributed by atoms with van der Waals surface area (Å²) in [7, 11) is -2.18. The molecule has 0 radical (unpaired) electrons. The third-order valence-corrected chi connectivity index (χ3v) is 6.37. The average molecular weight is 404 g/mol. The van der Waals surface area contributed by atoms with E-state index in [1.807, 2.05) is 0 Å². The third kappa shape index (κ3) is 2.25. The second-order valence-electron chi connectivity index (χ2n) is 6.29. The SMILES string of the molecule is COP(=O)(OC)O[C@]1([C@]2(O)C(=O)Nc3ccccc32)C(=O)Nc2ccccc21. The Morgan fingerprint density at radius 1 is 0.857 bits per heavy atom. The highest BCUT2D eigenvalue weighted by Gasteiger charge is 2.71. The van der Waals surface area contributed by atoms with Gasteiger partial charge in [-0.05, 0) is 12.1 Å². The lowest BCUT2D eigenvalue weighted by atomic mass is 9.74. The lowest BCUT2D eigenvalue weighted by Crippen LogP contribution is -2.58. The average Bonchev–Trinajstić information content (AvgIpc) is 3.14. The van der Waals surface area contributed by atoms with Crippen molar-refractivity contribution in [3.63, 3.8) is 0 Å². The minimum absolute atomic E-state index is 0.102. The molecular weight excluding hydrogens is 387 g/mol. The quantitative estimate of drug-likeness (QED) is 0.652. The van der Waals surface area contributed by atoms with E-state index in [1.165, 1.54) is 12.1 Å². The van der Waals surface area contributed by atoms with Crippen LogP contribution in [0.2, 0.25) is 0 Å². The number of carbonyl (C=O) groups excluding carboxylic acids is 2. The van der Waals surface area contributed by atoms with E-state index in [1.54, 1.807) is 36.4 Å². The van der Waals surface area contributed by atoms with Crippen molar-refractivity contribution in [2.24, 2.45) is 0 Å². The molecule has 28 heavy (non-hydrogen) atoms. The maximum atomic E-state index is 13.2. The van der Waals surface area contributed by atoms with E-state index in [0.717, 1.165) is 14.2 Å². The molecule has 9 nitrogen and oxygen atoms in total. The largest absolute Gasteiger partial charge is 0.475 e. The third-order valence-electron chi connectivity index (χ3n) is 4.97. The van der Waals surface area contributed by atoms with Crippen molar-refractivity contribution in [2.45, 2.75) is 11.2 Å². The number of amides is 2. The van der Waals surface area contributed by atoms with Gasteiger partial charge in [-0.15, -0.1) is 0 Å². The summed E-state index contributed by atoms with van der Waals surface area (Å²) in [5, 5.41) is 16.8. The summed E-state index contributed by atoms with van der Waals surface area (Å²) >= 11 is 0. The first-order valence-electron chi connectivity index (χ1n) is 8.29. The van der Waals surface area contributed by atoms with Crippen LogP contribution in [-0.4, -0.2) is 31.1 Å². The van der Waals surface area contributed by atoms with Crippen LogP contribution in [0.25, 0.3) is 0 Å². The van der Waals surface area contributed by atoms with Crippen molar-refractivity contribution in [1.82, 2.24) is 0 Å². The fraction of sp³-hybridized carbons (Fsp3) is 0.222. The van der Waals surface area contributed by atoms with Crippen LogP contribution in [0, 0.1) is 0 Å². The molecule has 0 spiro atoms. The van der Waals surface area contributed by atoms with Crippen LogP contribution in [0.3, 0.4) is 0 Å². The van der Waals surface area contributed by atoms with Gasteiger partial charge >= 0.3 is 7.82 Å². The van der Waals surface area contributed by atoms with Gasteiger partial charge < -0.3 is 15.7 Å². The minimum atomic E-state index is -4.32. The van der Waals surface area contributed by atoms with E-state index in [2.05, 4.69) is 10.6 Å². The first-order chi connectivity index (χ1) is 13.3. The molecule has 10 heteroatoms. The number of fused-ring (bicyclic) bond motifs is 2. The Morgan fingerprint density at radius 3 is 1.96 bits per heavy atom. The van der Waals surface area contributed by atoms with Crippen LogP contribution in [-0.2, 0) is 38.9 Å². The topological polar surface area (TPSA) is 123 Å². The Morgan fingerprint density at radius 2 is 1.36 bits per heavy atom. The van der Waals surface area contributed by atoms with E-state index >= 15 is 0 Å². The maximum absolute atomic E-state index is 13.2. The molecule has 0 fully saturated rings. The number of nitrogens with one attached hydrogen (secondary N) is 2. The summed E-state index contributed by atoms with van der Waals surface area (Å²) in [6.07, 6.45) is 0. The lowest BCUT2D eigenvalue weighted by Gasteiger charge is -2.39. The summed E-state index contributed by atoms with van der Waals surface area (Å²) in [5.41, 5.74) is -4.11. The lowest BCUT2D eigenvalue weighted by molar-refractivity contribution is -0.178. The summed E-state index contributed by atoms with van der Waals surface area (Å²) in [4.78, 5) is 26.2. The van der Waals surface area contributed by atoms with Gasteiger partial charge in [-0.1, -0.05) is 36.4 Å². The zero-order chi connectivity index (χ0) is 20.2. The van der Waals surface area contributed by atoms with Crippen molar-refractivity contribution in [3.8, 4) is 0 Å². The highest BCUT2D eigenvalue weighted by atomic mass is 31.2. The fourth-order valence-electron chi connectivity index (χ4n) is 3.66. The number of para-hydroxylation sites is 2. The Bertz CT molecular complexity index is 1030. The van der Waals surface area contributed by atoms with Crippen LogP contribution >= 0.6 is 7.82 Å². The van der Waals surface area contributed by atoms with E-state index in [9.17, 15) is 19.3 Å². The minimum Gasteiger partial charge on any atom is -0.372 e. The molecule has 3 N–H and O–H groups in total. The predicted octanol–water partition coefficient (Wildman–Crippen LogP) is 2.09. The van der Waals surface area contributed by atoms with Gasteiger partial charge in [0.1, 0.15) is 0 Å². The second-order valence-corrected chi connectivity index (χ2v) is 8.10. The zero-order valence-electron chi connectivity index (χ0n) is 15.0. The maximum Gasteiger partial charge on any atom is 0.475 e. The van der Waals surface area contributed by atoms with E-state index < -0.39 is 30.8 Å². The van der Waals surface area contributed by atoms with Crippen molar-refractivity contribution in [2.75, 3.05) is 24.9 Å². The summed E-state index contributed by atoms with van der Waals surface area (Å²) < 4.78 is 28.2. The standard InChI is InChI=1S/C18H17N2O7P/c1-25-28(24,26-2)27-18(12-8-4-6-10-14(12)20-16(18)22)17(23)11-7-3-5-9-13(11)19-15(17)21/h3-10,23H,1-2H3,(H,19,21)(H,20,22)/t17-,18+/m1/s1. The van der Waals surface area contributed by atoms with Crippen LogP contribution in [0.4, 0.5) is 11.4 Å². The number of phosphoric acid groups is 1. The van der Waals surface area contributed by atoms with Gasteiger partial charge in [0, 0.05) is 36.7 Å². The summed E-state index contributed by atoms with van der Waals surface area (Å²) in [5.74, 6) is -1.78. The Balaban J connectivity index is 2.05. The molecule has 0 saturated carbocycles. The van der Waals surface area contributed by atoms with Gasteiger partial charge in [0.15, 0.2) is 0 Å². The molecule has 4 rings (SSSR count). The van der Waals surface area contributed by atoms with Crippen LogP contribution < -0.4 is 10.6 Å². The first-order valence-corrected chi connectivity index (χ1v) is 9.75. The molecule has 2 heterocycles. The number of hydrogen-bond donors (Lipinski definition) is 3. The number of aliphatic hydroxyl groups is 1. The van der Waals surface area contributed by atoms with E-state index in [4.69, 9.17) is 13.6 Å². The molecule has 2 aromatic carbocycles. The molecule has 2 aromatic rings. The van der Waals surface area contributed by atoms with Crippen LogP contribution in [0.15, 0.2) is 48.5 Å². The molecule has 0 bridgehead atoms. The van der Waals surface area contributed by atoms with Gasteiger partial charge in [0.05, 0.1) is 0 Å². The molecule has 0 aromatic heterocycles. The number of rotatable bonds is 5. The first kappa shape index (κ1) is 18.8. The van der Waals surface area contributed by atoms with E-state index in [-0.39, 0.29) is 11.1 Å². The molecule has 2 atom stereocenters. The number of phosphoric ester groups is 1. The zero-order valence-corrected chi connectivity index (χ0v) is 15.9. The smallest absolute Gasteiger partial charge is 0.372 e. The summed E-state index contributed by atoms with van der Waals surface area (Å²) in [6, 6.07) is 12.7. The van der Waals surface area contributed by atoms with Gasteiger partial charge in [0.2, 0.25) is 11.2 Å². The Labute approximate surface area is 160 Å². The van der Waals surface area contributed by atoms with Crippen molar-refractivity contribution < 1.29 is 32.8 Å². The van der Waals surface area contributed by atoms with Gasteiger partial charge in [-0.3, -0.25) is 23.2 Å². The molecule has 2 aliphatic rings.